The van der Waals surface area contributed by atoms with E-state index in [0.29, 0.717) is 13.0 Å². The van der Waals surface area contributed by atoms with Gasteiger partial charge in [0.2, 0.25) is 5.91 Å². The van der Waals surface area contributed by atoms with Crippen LogP contribution in [0.1, 0.15) is 5.56 Å². The van der Waals surface area contributed by atoms with Gasteiger partial charge in [0.25, 0.3) is 0 Å². The van der Waals surface area contributed by atoms with Gasteiger partial charge in [0, 0.05) is 43.8 Å². The number of carbonyl (C=O) groups is 1. The molecule has 0 radical (unpaired) electrons. The van der Waals surface area contributed by atoms with E-state index in [-0.39, 0.29) is 5.91 Å². The molecule has 5 rings (SSSR count). The van der Waals surface area contributed by atoms with Crippen LogP contribution < -0.4 is 19.7 Å². The second-order valence-corrected chi connectivity index (χ2v) is 9.59. The second kappa shape index (κ2) is 11.4. The Labute approximate surface area is 215 Å². The van der Waals surface area contributed by atoms with Gasteiger partial charge >= 0.3 is 0 Å². The summed E-state index contributed by atoms with van der Waals surface area (Å²) in [4.78, 5) is 17.2. The first kappa shape index (κ1) is 24.1. The van der Waals surface area contributed by atoms with Crippen LogP contribution in [0.25, 0.3) is 10.1 Å². The van der Waals surface area contributed by atoms with Gasteiger partial charge < -0.3 is 19.7 Å². The van der Waals surface area contributed by atoms with Gasteiger partial charge in [-0.1, -0.05) is 24.3 Å². The third-order valence-corrected chi connectivity index (χ3v) is 7.16. The van der Waals surface area contributed by atoms with Gasteiger partial charge in [0.05, 0.1) is 18.2 Å². The molecular formula is C28H30N4O3S. The molecule has 7 nitrogen and oxygen atoms in total. The summed E-state index contributed by atoms with van der Waals surface area (Å²) in [5.41, 5.74) is 1.66. The third kappa shape index (κ3) is 5.95. The molecule has 36 heavy (non-hydrogen) atoms. The highest BCUT2D eigenvalue weighted by Crippen LogP contribution is 2.29. The van der Waals surface area contributed by atoms with E-state index in [2.05, 4.69) is 39.4 Å². The van der Waals surface area contributed by atoms with Gasteiger partial charge in [-0.3, -0.25) is 9.69 Å². The Kier molecular flexibility index (Phi) is 7.64. The van der Waals surface area contributed by atoms with Gasteiger partial charge in [0.1, 0.15) is 23.9 Å². The Morgan fingerprint density at radius 1 is 0.972 bits per heavy atom. The highest BCUT2D eigenvalue weighted by molar-refractivity contribution is 7.13. The topological polar surface area (TPSA) is 66.9 Å². The highest BCUT2D eigenvalue weighted by atomic mass is 32.1. The smallest absolute Gasteiger partial charge is 0.228 e. The summed E-state index contributed by atoms with van der Waals surface area (Å²) < 4.78 is 17.1. The lowest BCUT2D eigenvalue weighted by Gasteiger charge is -2.34. The fourth-order valence-electron chi connectivity index (χ4n) is 4.38. The number of anilines is 2. The van der Waals surface area contributed by atoms with Crippen molar-refractivity contribution < 1.29 is 14.3 Å². The Bertz CT molecular complexity index is 1300. The van der Waals surface area contributed by atoms with Crippen molar-refractivity contribution in [3.8, 4) is 11.5 Å². The first-order chi connectivity index (χ1) is 17.7. The van der Waals surface area contributed by atoms with Crippen molar-refractivity contribution >= 4 is 39.0 Å². The van der Waals surface area contributed by atoms with Crippen LogP contribution in [0, 0.1) is 0 Å². The van der Waals surface area contributed by atoms with Crippen LogP contribution in [0.15, 0.2) is 72.8 Å². The van der Waals surface area contributed by atoms with Gasteiger partial charge in [-0.05, 0) is 65.6 Å². The third-order valence-electron chi connectivity index (χ3n) is 6.34. The number of nitrogens with zero attached hydrogens (tertiary/aromatic N) is 3. The number of carbonyl (C=O) groups excluding carboxylic acids is 1. The summed E-state index contributed by atoms with van der Waals surface area (Å²) in [5, 5.41) is 4.19. The number of hydrogen-bond acceptors (Lipinski definition) is 7. The summed E-state index contributed by atoms with van der Waals surface area (Å²) in [6, 6.07) is 23.5. The lowest BCUT2D eigenvalue weighted by molar-refractivity contribution is -0.115. The van der Waals surface area contributed by atoms with E-state index in [1.54, 1.807) is 18.6 Å². The number of methoxy groups -OCH3 is 1. The number of nitrogens with one attached hydrogen (secondary N) is 1. The Morgan fingerprint density at radius 3 is 2.58 bits per heavy atom. The van der Waals surface area contributed by atoms with Gasteiger partial charge in [-0.15, -0.1) is 0 Å². The normalized spacial score (nSPS) is 14.1. The molecule has 1 amide bonds. The molecule has 0 spiro atoms. The number of rotatable bonds is 9. The van der Waals surface area contributed by atoms with Crippen LogP contribution in [0.3, 0.4) is 0 Å². The van der Waals surface area contributed by atoms with Crippen LogP contribution in [0.2, 0.25) is 0 Å². The monoisotopic (exact) mass is 502 g/mol. The van der Waals surface area contributed by atoms with E-state index in [4.69, 9.17) is 13.8 Å². The fraction of sp³-hybridized carbons (Fsp3) is 0.286. The molecule has 1 fully saturated rings. The summed E-state index contributed by atoms with van der Waals surface area (Å²) in [5.74, 6) is 2.59. The second-order valence-electron chi connectivity index (χ2n) is 8.78. The Balaban J connectivity index is 1.04. The first-order valence-electron chi connectivity index (χ1n) is 12.2. The lowest BCUT2D eigenvalue weighted by atomic mass is 10.1. The number of hydrogen-bond donors (Lipinski definition) is 1. The van der Waals surface area contributed by atoms with Crippen molar-refractivity contribution in [3.05, 3.63) is 78.4 Å². The van der Waals surface area contributed by atoms with Crippen molar-refractivity contribution in [2.24, 2.45) is 0 Å². The molecule has 0 unspecified atom stereocenters. The maximum atomic E-state index is 12.4. The average Bonchev–Trinajstić information content (AvgIpc) is 3.34. The van der Waals surface area contributed by atoms with E-state index in [9.17, 15) is 4.79 Å². The van der Waals surface area contributed by atoms with Crippen molar-refractivity contribution in [2.75, 3.05) is 56.7 Å². The zero-order valence-corrected chi connectivity index (χ0v) is 21.2. The molecule has 1 aliphatic rings. The Morgan fingerprint density at radius 2 is 1.78 bits per heavy atom. The molecule has 1 aromatic heterocycles. The summed E-state index contributed by atoms with van der Waals surface area (Å²) >= 11 is 1.57. The molecule has 2 heterocycles. The van der Waals surface area contributed by atoms with Crippen molar-refractivity contribution in [1.29, 1.82) is 0 Å². The molecule has 0 aliphatic carbocycles. The molecular weight excluding hydrogens is 472 g/mol. The Hall–Kier alpha value is -3.62. The van der Waals surface area contributed by atoms with Gasteiger partial charge in [0.15, 0.2) is 0 Å². The number of ether oxygens (including phenoxy) is 2. The number of fused-ring (bicyclic) bond motifs is 1. The summed E-state index contributed by atoms with van der Waals surface area (Å²) in [7, 11) is 1.62. The first-order valence-corrected chi connectivity index (χ1v) is 12.9. The van der Waals surface area contributed by atoms with Crippen LogP contribution in [-0.4, -0.2) is 61.6 Å². The lowest BCUT2D eigenvalue weighted by Crippen LogP contribution is -2.47. The molecule has 0 atom stereocenters. The van der Waals surface area contributed by atoms with E-state index >= 15 is 0 Å². The van der Waals surface area contributed by atoms with Crippen molar-refractivity contribution in [1.82, 2.24) is 9.27 Å². The van der Waals surface area contributed by atoms with Crippen LogP contribution >= 0.6 is 11.5 Å². The number of piperazine rings is 1. The van der Waals surface area contributed by atoms with E-state index < -0.39 is 0 Å². The predicted molar refractivity (Wildman–Crippen MR) is 146 cm³/mol. The summed E-state index contributed by atoms with van der Waals surface area (Å²) in [6.45, 7) is 5.43. The van der Waals surface area contributed by atoms with Gasteiger partial charge in [-0.2, -0.15) is 4.37 Å². The maximum absolute atomic E-state index is 12.4. The van der Waals surface area contributed by atoms with Crippen molar-refractivity contribution in [2.45, 2.75) is 6.42 Å². The molecule has 4 aromatic rings. The average molecular weight is 503 g/mol. The molecule has 3 aromatic carbocycles. The van der Waals surface area contributed by atoms with Crippen LogP contribution in [0.4, 0.5) is 11.5 Å². The summed E-state index contributed by atoms with van der Waals surface area (Å²) in [6.07, 6.45) is 0.293. The predicted octanol–water partition coefficient (Wildman–Crippen LogP) is 4.69. The molecule has 1 saturated heterocycles. The zero-order valence-electron chi connectivity index (χ0n) is 20.4. The molecule has 8 heteroatoms. The number of benzene rings is 3. The van der Waals surface area contributed by atoms with Crippen LogP contribution in [-0.2, 0) is 11.2 Å². The fourth-order valence-corrected chi connectivity index (χ4v) is 5.18. The molecule has 0 bridgehead atoms. The van der Waals surface area contributed by atoms with E-state index in [0.717, 1.165) is 61.3 Å². The molecule has 1 aliphatic heterocycles. The molecule has 0 saturated carbocycles. The largest absolute Gasteiger partial charge is 0.497 e. The number of aromatic nitrogens is 1. The zero-order chi connectivity index (χ0) is 24.7. The minimum Gasteiger partial charge on any atom is -0.497 e. The minimum atomic E-state index is -0.0679. The minimum absolute atomic E-state index is 0.0679. The van der Waals surface area contributed by atoms with E-state index in [1.165, 1.54) is 10.1 Å². The quantitative estimate of drug-likeness (QED) is 0.358. The maximum Gasteiger partial charge on any atom is 0.228 e. The SMILES string of the molecule is COc1cccc(CC(=O)Nc2ccc(OCCN3CCN(c4nsc5ccccc45)CC3)cc2)c1. The van der Waals surface area contributed by atoms with E-state index in [1.807, 2.05) is 48.5 Å². The van der Waals surface area contributed by atoms with Crippen LogP contribution in [0.5, 0.6) is 11.5 Å². The molecule has 186 valence electrons. The van der Waals surface area contributed by atoms with Gasteiger partial charge in [-0.25, -0.2) is 0 Å². The molecule has 1 N–H and O–H groups in total. The van der Waals surface area contributed by atoms with Crippen molar-refractivity contribution in [3.63, 3.8) is 0 Å². The standard InChI is InChI=1S/C28H30N4O3S/c1-34-24-6-4-5-21(19-24)20-27(33)29-22-9-11-23(12-10-22)35-18-17-31-13-15-32(16-14-31)28-25-7-2-3-8-26(25)36-30-28/h2-12,19H,13-18,20H2,1H3,(H,29,33). The number of amides is 1. The highest BCUT2D eigenvalue weighted by Gasteiger charge is 2.20.